The van der Waals surface area contributed by atoms with E-state index in [4.69, 9.17) is 5.73 Å². The van der Waals surface area contributed by atoms with Gasteiger partial charge in [0.2, 0.25) is 5.95 Å². The summed E-state index contributed by atoms with van der Waals surface area (Å²) in [6, 6.07) is 3.87. The van der Waals surface area contributed by atoms with Gasteiger partial charge in [-0.2, -0.15) is 0 Å². The van der Waals surface area contributed by atoms with Crippen LogP contribution in [0.3, 0.4) is 0 Å². The van der Waals surface area contributed by atoms with E-state index in [0.717, 1.165) is 16.1 Å². The molecule has 6 nitrogen and oxygen atoms in total. The van der Waals surface area contributed by atoms with E-state index < -0.39 is 0 Å². The van der Waals surface area contributed by atoms with E-state index in [2.05, 4.69) is 15.3 Å². The zero-order valence-electron chi connectivity index (χ0n) is 10.2. The molecule has 98 valence electrons. The lowest BCUT2D eigenvalue weighted by Gasteiger charge is -2.15. The summed E-state index contributed by atoms with van der Waals surface area (Å²) < 4.78 is 0. The molecular formula is C12H13N5OS. The van der Waals surface area contributed by atoms with E-state index in [1.165, 1.54) is 0 Å². The van der Waals surface area contributed by atoms with Crippen molar-refractivity contribution in [2.75, 3.05) is 5.73 Å². The molecule has 19 heavy (non-hydrogen) atoms. The molecule has 3 heterocycles. The second-order valence-corrected chi connectivity index (χ2v) is 5.33. The average molecular weight is 275 g/mol. The van der Waals surface area contributed by atoms with E-state index in [0.29, 0.717) is 19.6 Å². The number of thiophene rings is 1. The maximum atomic E-state index is 12.0. The highest BCUT2D eigenvalue weighted by atomic mass is 32.1. The van der Waals surface area contributed by atoms with Crippen LogP contribution in [0.15, 0.2) is 23.7 Å². The van der Waals surface area contributed by atoms with Gasteiger partial charge in [0, 0.05) is 16.6 Å². The number of nitrogens with two attached hydrogens (primary N) is 1. The molecule has 0 saturated heterocycles. The molecule has 0 radical (unpaired) electrons. The molecule has 0 aromatic carbocycles. The van der Waals surface area contributed by atoms with Crippen LogP contribution in [-0.4, -0.2) is 20.9 Å². The summed E-state index contributed by atoms with van der Waals surface area (Å²) in [5.41, 5.74) is 7.33. The van der Waals surface area contributed by atoms with E-state index in [9.17, 15) is 4.79 Å². The molecule has 0 aliphatic carbocycles. The van der Waals surface area contributed by atoms with Crippen LogP contribution in [0, 0.1) is 0 Å². The second-order valence-electron chi connectivity index (χ2n) is 4.29. The van der Waals surface area contributed by atoms with Crippen LogP contribution in [-0.2, 0) is 19.6 Å². The molecule has 2 aromatic heterocycles. The molecule has 3 rings (SSSR count). The summed E-state index contributed by atoms with van der Waals surface area (Å²) in [5, 5.41) is 4.89. The second kappa shape index (κ2) is 4.85. The maximum absolute atomic E-state index is 12.0. The molecule has 1 aliphatic heterocycles. The summed E-state index contributed by atoms with van der Waals surface area (Å²) in [4.78, 5) is 23.0. The van der Waals surface area contributed by atoms with Crippen molar-refractivity contribution in [3.8, 4) is 0 Å². The average Bonchev–Trinajstić information content (AvgIpc) is 3.04. The summed E-state index contributed by atoms with van der Waals surface area (Å²) >= 11 is 1.62. The van der Waals surface area contributed by atoms with Gasteiger partial charge >= 0.3 is 6.03 Å². The summed E-state index contributed by atoms with van der Waals surface area (Å²) in [5.74, 6) is 0.250. The first-order chi connectivity index (χ1) is 9.22. The number of aromatic nitrogens is 2. The molecule has 0 unspecified atom stereocenters. The van der Waals surface area contributed by atoms with Crippen LogP contribution in [0.2, 0.25) is 0 Å². The highest BCUT2D eigenvalue weighted by molar-refractivity contribution is 7.09. The number of hydrogen-bond donors (Lipinski definition) is 2. The third-order valence-corrected chi connectivity index (χ3v) is 3.83. The molecule has 2 amide bonds. The summed E-state index contributed by atoms with van der Waals surface area (Å²) in [7, 11) is 0. The number of nitrogen functional groups attached to an aromatic ring is 1. The Balaban J connectivity index is 1.61. The van der Waals surface area contributed by atoms with Gasteiger partial charge in [0.05, 0.1) is 25.3 Å². The van der Waals surface area contributed by atoms with E-state index in [1.54, 1.807) is 22.4 Å². The lowest BCUT2D eigenvalue weighted by molar-refractivity contribution is 0.198. The Hall–Kier alpha value is -2.15. The van der Waals surface area contributed by atoms with Gasteiger partial charge in [-0.15, -0.1) is 11.3 Å². The van der Waals surface area contributed by atoms with Crippen LogP contribution >= 0.6 is 11.3 Å². The normalized spacial score (nSPS) is 13.4. The van der Waals surface area contributed by atoms with Crippen molar-refractivity contribution < 1.29 is 4.79 Å². The Labute approximate surface area is 114 Å². The number of amides is 2. The number of urea groups is 1. The number of nitrogens with one attached hydrogen (secondary N) is 1. The van der Waals surface area contributed by atoms with Gasteiger partial charge in [-0.1, -0.05) is 6.07 Å². The molecule has 0 spiro atoms. The molecular weight excluding hydrogens is 262 g/mol. The van der Waals surface area contributed by atoms with E-state index in [1.807, 2.05) is 17.5 Å². The lowest BCUT2D eigenvalue weighted by Crippen LogP contribution is -2.35. The van der Waals surface area contributed by atoms with Crippen molar-refractivity contribution in [3.05, 3.63) is 39.8 Å². The van der Waals surface area contributed by atoms with Gasteiger partial charge in [-0.3, -0.25) is 0 Å². The lowest BCUT2D eigenvalue weighted by atomic mass is 10.3. The molecule has 2 aromatic rings. The molecule has 1 aliphatic rings. The number of rotatable bonds is 2. The fourth-order valence-corrected chi connectivity index (χ4v) is 2.64. The number of carbonyl (C=O) groups is 1. The van der Waals surface area contributed by atoms with Crippen LogP contribution in [0.5, 0.6) is 0 Å². The van der Waals surface area contributed by atoms with Crippen LogP contribution in [0.4, 0.5) is 10.7 Å². The number of carbonyl (C=O) groups excluding carboxylic acids is 1. The zero-order chi connectivity index (χ0) is 13.2. The van der Waals surface area contributed by atoms with Gasteiger partial charge in [0.15, 0.2) is 0 Å². The Bertz CT molecular complexity index is 598. The molecule has 0 bridgehead atoms. The number of fused-ring (bicyclic) bond motifs is 1. The highest BCUT2D eigenvalue weighted by Gasteiger charge is 2.24. The van der Waals surface area contributed by atoms with E-state index >= 15 is 0 Å². The quantitative estimate of drug-likeness (QED) is 0.866. The largest absolute Gasteiger partial charge is 0.368 e. The first kappa shape index (κ1) is 11.9. The van der Waals surface area contributed by atoms with Crippen molar-refractivity contribution >= 4 is 23.3 Å². The first-order valence-corrected chi connectivity index (χ1v) is 6.76. The Morgan fingerprint density at radius 3 is 3.21 bits per heavy atom. The molecule has 3 N–H and O–H groups in total. The van der Waals surface area contributed by atoms with Crippen molar-refractivity contribution in [1.29, 1.82) is 0 Å². The Kier molecular flexibility index (Phi) is 3.04. The Morgan fingerprint density at radius 2 is 2.42 bits per heavy atom. The Morgan fingerprint density at radius 1 is 1.53 bits per heavy atom. The van der Waals surface area contributed by atoms with Crippen molar-refractivity contribution in [1.82, 2.24) is 20.2 Å². The molecule has 7 heteroatoms. The van der Waals surface area contributed by atoms with Crippen molar-refractivity contribution in [2.24, 2.45) is 0 Å². The van der Waals surface area contributed by atoms with Crippen LogP contribution in [0.25, 0.3) is 0 Å². The van der Waals surface area contributed by atoms with Gasteiger partial charge in [0.1, 0.15) is 0 Å². The minimum atomic E-state index is -0.0926. The molecule has 0 atom stereocenters. The van der Waals surface area contributed by atoms with Gasteiger partial charge < -0.3 is 16.0 Å². The van der Waals surface area contributed by atoms with Crippen LogP contribution < -0.4 is 11.1 Å². The van der Waals surface area contributed by atoms with Gasteiger partial charge in [-0.05, 0) is 11.4 Å². The molecule has 0 saturated carbocycles. The number of anilines is 1. The van der Waals surface area contributed by atoms with Crippen LogP contribution in [0.1, 0.15) is 16.1 Å². The van der Waals surface area contributed by atoms with Gasteiger partial charge in [0.25, 0.3) is 0 Å². The molecule has 0 fully saturated rings. The third-order valence-electron chi connectivity index (χ3n) is 2.96. The standard InChI is InChI=1S/C12H13N5OS/c13-11-14-4-8-6-17(7-10(8)16-11)12(18)15-5-9-2-1-3-19-9/h1-4H,5-7H2,(H,15,18)(H2,13,14,16). The fraction of sp³-hybridized carbons (Fsp3) is 0.250. The monoisotopic (exact) mass is 275 g/mol. The maximum Gasteiger partial charge on any atom is 0.318 e. The SMILES string of the molecule is Nc1ncc2c(n1)CN(C(=O)NCc1cccs1)C2. The smallest absolute Gasteiger partial charge is 0.318 e. The minimum absolute atomic E-state index is 0.0926. The summed E-state index contributed by atoms with van der Waals surface area (Å²) in [6.45, 7) is 1.57. The first-order valence-electron chi connectivity index (χ1n) is 5.88. The highest BCUT2D eigenvalue weighted by Crippen LogP contribution is 2.20. The van der Waals surface area contributed by atoms with Crippen molar-refractivity contribution in [3.63, 3.8) is 0 Å². The van der Waals surface area contributed by atoms with Gasteiger partial charge in [-0.25, -0.2) is 14.8 Å². The van der Waals surface area contributed by atoms with Crippen molar-refractivity contribution in [2.45, 2.75) is 19.6 Å². The van der Waals surface area contributed by atoms with E-state index in [-0.39, 0.29) is 12.0 Å². The topological polar surface area (TPSA) is 84.1 Å². The fourth-order valence-electron chi connectivity index (χ4n) is 2.00. The predicted molar refractivity (Wildman–Crippen MR) is 72.2 cm³/mol. The predicted octanol–water partition coefficient (Wildman–Crippen LogP) is 1.35. The summed E-state index contributed by atoms with van der Waals surface area (Å²) in [6.07, 6.45) is 1.68. The third kappa shape index (κ3) is 2.50. The zero-order valence-corrected chi connectivity index (χ0v) is 11.0. The minimum Gasteiger partial charge on any atom is -0.368 e. The number of hydrogen-bond acceptors (Lipinski definition) is 5. The number of nitrogens with zero attached hydrogens (tertiary/aromatic N) is 3.